The second-order valence-corrected chi connectivity index (χ2v) is 8.97. The zero-order valence-corrected chi connectivity index (χ0v) is 18.6. The summed E-state index contributed by atoms with van der Waals surface area (Å²) in [6.07, 6.45) is 10.7. The highest BCUT2D eigenvalue weighted by Crippen LogP contribution is 2.41. The average molecular weight is 423 g/mol. The molecule has 30 heavy (non-hydrogen) atoms. The SMILES string of the molecule is C=CC(=O)OCCC(C)CCOC(=O)C1CCC(C2CCC(C(=O)OC)CC2)CC1. The standard InChI is InChI=1S/C24H38O6/c1-4-22(25)29-15-13-17(2)14-16-30-24(27)21-11-7-19(8-12-21)18-5-9-20(10-6-18)23(26)28-3/h4,17-21H,1,5-16H2,2-3H3. The number of esters is 3. The Balaban J connectivity index is 1.58. The van der Waals surface area contributed by atoms with Crippen LogP contribution < -0.4 is 0 Å². The molecule has 0 radical (unpaired) electrons. The summed E-state index contributed by atoms with van der Waals surface area (Å²) in [6.45, 7) is 6.22. The molecule has 6 heteroatoms. The third-order valence-corrected chi connectivity index (χ3v) is 6.95. The number of carbonyl (C=O) groups excluding carboxylic acids is 3. The van der Waals surface area contributed by atoms with Gasteiger partial charge in [0.15, 0.2) is 0 Å². The van der Waals surface area contributed by atoms with E-state index in [1.54, 1.807) is 0 Å². The molecule has 0 saturated heterocycles. The van der Waals surface area contributed by atoms with Gasteiger partial charge in [0.1, 0.15) is 0 Å². The molecular weight excluding hydrogens is 384 g/mol. The van der Waals surface area contributed by atoms with Crippen LogP contribution in [0.3, 0.4) is 0 Å². The quantitative estimate of drug-likeness (QED) is 0.294. The van der Waals surface area contributed by atoms with E-state index in [1.165, 1.54) is 7.11 Å². The van der Waals surface area contributed by atoms with Crippen LogP contribution in [0.15, 0.2) is 12.7 Å². The van der Waals surface area contributed by atoms with E-state index in [-0.39, 0.29) is 23.8 Å². The predicted octanol–water partition coefficient (Wildman–Crippen LogP) is 4.46. The maximum Gasteiger partial charge on any atom is 0.330 e. The van der Waals surface area contributed by atoms with Crippen LogP contribution in [0.2, 0.25) is 0 Å². The van der Waals surface area contributed by atoms with Gasteiger partial charge in [0.05, 0.1) is 32.2 Å². The smallest absolute Gasteiger partial charge is 0.330 e. The molecule has 2 aliphatic rings. The highest BCUT2D eigenvalue weighted by atomic mass is 16.5. The maximum absolute atomic E-state index is 12.4. The number of hydrogen-bond acceptors (Lipinski definition) is 6. The van der Waals surface area contributed by atoms with Crippen LogP contribution in [-0.2, 0) is 28.6 Å². The third-order valence-electron chi connectivity index (χ3n) is 6.95. The average Bonchev–Trinajstić information content (AvgIpc) is 2.78. The van der Waals surface area contributed by atoms with E-state index in [9.17, 15) is 14.4 Å². The monoisotopic (exact) mass is 422 g/mol. The van der Waals surface area contributed by atoms with Crippen molar-refractivity contribution >= 4 is 17.9 Å². The molecular formula is C24H38O6. The summed E-state index contributed by atoms with van der Waals surface area (Å²) in [5.41, 5.74) is 0. The molecule has 2 saturated carbocycles. The van der Waals surface area contributed by atoms with Crippen LogP contribution in [0.5, 0.6) is 0 Å². The Labute approximate surface area is 180 Å². The normalized spacial score (nSPS) is 27.5. The Morgan fingerprint density at radius 1 is 0.833 bits per heavy atom. The lowest BCUT2D eigenvalue weighted by Crippen LogP contribution is -2.30. The Kier molecular flexibility index (Phi) is 10.4. The number of methoxy groups -OCH3 is 1. The summed E-state index contributed by atoms with van der Waals surface area (Å²) in [6, 6.07) is 0. The second kappa shape index (κ2) is 12.8. The van der Waals surface area contributed by atoms with Crippen LogP contribution in [0.1, 0.15) is 71.1 Å². The van der Waals surface area contributed by atoms with Gasteiger partial charge in [-0.3, -0.25) is 9.59 Å². The fourth-order valence-corrected chi connectivity index (χ4v) is 4.86. The predicted molar refractivity (Wildman–Crippen MR) is 113 cm³/mol. The van der Waals surface area contributed by atoms with E-state index in [2.05, 4.69) is 13.5 Å². The first-order valence-corrected chi connectivity index (χ1v) is 11.5. The molecule has 6 nitrogen and oxygen atoms in total. The molecule has 0 N–H and O–H groups in total. The maximum atomic E-state index is 12.4. The van der Waals surface area contributed by atoms with Crippen molar-refractivity contribution in [3.63, 3.8) is 0 Å². The van der Waals surface area contributed by atoms with Crippen molar-refractivity contribution in [3.05, 3.63) is 12.7 Å². The van der Waals surface area contributed by atoms with Crippen molar-refractivity contribution in [2.75, 3.05) is 20.3 Å². The Hall–Kier alpha value is -1.85. The minimum atomic E-state index is -0.402. The van der Waals surface area contributed by atoms with E-state index >= 15 is 0 Å². The lowest BCUT2D eigenvalue weighted by molar-refractivity contribution is -0.151. The fourth-order valence-electron chi connectivity index (χ4n) is 4.86. The topological polar surface area (TPSA) is 78.9 Å². The highest BCUT2D eigenvalue weighted by molar-refractivity contribution is 5.81. The highest BCUT2D eigenvalue weighted by Gasteiger charge is 2.35. The molecule has 0 aromatic carbocycles. The molecule has 1 unspecified atom stereocenters. The number of ether oxygens (including phenoxy) is 3. The summed E-state index contributed by atoms with van der Waals surface area (Å²) >= 11 is 0. The second-order valence-electron chi connectivity index (χ2n) is 8.97. The molecule has 1 atom stereocenters. The number of rotatable bonds is 10. The van der Waals surface area contributed by atoms with Gasteiger partial charge in [0.2, 0.25) is 0 Å². The molecule has 2 aliphatic carbocycles. The van der Waals surface area contributed by atoms with Crippen molar-refractivity contribution in [1.82, 2.24) is 0 Å². The molecule has 0 aromatic heterocycles. The van der Waals surface area contributed by atoms with Crippen molar-refractivity contribution in [3.8, 4) is 0 Å². The molecule has 0 bridgehead atoms. The van der Waals surface area contributed by atoms with Gasteiger partial charge >= 0.3 is 17.9 Å². The summed E-state index contributed by atoms with van der Waals surface area (Å²) in [4.78, 5) is 35.1. The fraction of sp³-hybridized carbons (Fsp3) is 0.792. The van der Waals surface area contributed by atoms with Crippen molar-refractivity contribution in [2.24, 2.45) is 29.6 Å². The van der Waals surface area contributed by atoms with Gasteiger partial charge in [0, 0.05) is 6.08 Å². The van der Waals surface area contributed by atoms with E-state index in [0.29, 0.717) is 31.0 Å². The van der Waals surface area contributed by atoms with Crippen LogP contribution in [0.25, 0.3) is 0 Å². The summed E-state index contributed by atoms with van der Waals surface area (Å²) in [5, 5.41) is 0. The summed E-state index contributed by atoms with van der Waals surface area (Å²) in [7, 11) is 1.47. The largest absolute Gasteiger partial charge is 0.469 e. The first-order valence-electron chi connectivity index (χ1n) is 11.5. The Bertz CT molecular complexity index is 570. The molecule has 0 spiro atoms. The molecule has 2 rings (SSSR count). The summed E-state index contributed by atoms with van der Waals surface area (Å²) in [5.74, 6) is 1.25. The molecule has 0 heterocycles. The van der Waals surface area contributed by atoms with Gasteiger partial charge in [-0.1, -0.05) is 13.5 Å². The van der Waals surface area contributed by atoms with Crippen molar-refractivity contribution < 1.29 is 28.6 Å². The molecule has 0 aliphatic heterocycles. The number of hydrogen-bond donors (Lipinski definition) is 0. The van der Waals surface area contributed by atoms with Gasteiger partial charge in [-0.15, -0.1) is 0 Å². The molecule has 0 amide bonds. The first-order chi connectivity index (χ1) is 14.4. The lowest BCUT2D eigenvalue weighted by atomic mass is 9.69. The van der Waals surface area contributed by atoms with Gasteiger partial charge in [-0.05, 0) is 82.0 Å². The molecule has 2 fully saturated rings. The lowest BCUT2D eigenvalue weighted by Gasteiger charge is -2.36. The van der Waals surface area contributed by atoms with Crippen molar-refractivity contribution in [2.45, 2.75) is 71.1 Å². The van der Waals surface area contributed by atoms with E-state index < -0.39 is 5.97 Å². The van der Waals surface area contributed by atoms with Gasteiger partial charge in [0.25, 0.3) is 0 Å². The van der Waals surface area contributed by atoms with Crippen molar-refractivity contribution in [1.29, 1.82) is 0 Å². The van der Waals surface area contributed by atoms with Gasteiger partial charge < -0.3 is 14.2 Å². The Morgan fingerprint density at radius 3 is 1.77 bits per heavy atom. The third kappa shape index (κ3) is 7.77. The van der Waals surface area contributed by atoms with E-state index in [0.717, 1.165) is 70.3 Å². The van der Waals surface area contributed by atoms with Crippen LogP contribution in [0, 0.1) is 29.6 Å². The molecule has 170 valence electrons. The number of carbonyl (C=O) groups is 3. The van der Waals surface area contributed by atoms with E-state index in [1.807, 2.05) is 0 Å². The van der Waals surface area contributed by atoms with Crippen LogP contribution in [0.4, 0.5) is 0 Å². The van der Waals surface area contributed by atoms with Crippen LogP contribution >= 0.6 is 0 Å². The zero-order valence-electron chi connectivity index (χ0n) is 18.6. The van der Waals surface area contributed by atoms with E-state index in [4.69, 9.17) is 14.2 Å². The minimum Gasteiger partial charge on any atom is -0.469 e. The Morgan fingerprint density at radius 2 is 1.30 bits per heavy atom. The summed E-state index contributed by atoms with van der Waals surface area (Å²) < 4.78 is 15.4. The van der Waals surface area contributed by atoms with Gasteiger partial charge in [-0.2, -0.15) is 0 Å². The van der Waals surface area contributed by atoms with Gasteiger partial charge in [-0.25, -0.2) is 4.79 Å². The first kappa shape index (κ1) is 24.4. The minimum absolute atomic E-state index is 0.0245. The van der Waals surface area contributed by atoms with Crippen LogP contribution in [-0.4, -0.2) is 38.2 Å². The zero-order chi connectivity index (χ0) is 21.9. The molecule has 0 aromatic rings.